The van der Waals surface area contributed by atoms with E-state index in [0.717, 1.165) is 23.5 Å². The van der Waals surface area contributed by atoms with E-state index < -0.39 is 0 Å². The Morgan fingerprint density at radius 3 is 2.74 bits per heavy atom. The number of hydrogen-bond donors (Lipinski definition) is 2. The number of thiazole rings is 1. The molecule has 2 N–H and O–H groups in total. The molecule has 8 nitrogen and oxygen atoms in total. The lowest BCUT2D eigenvalue weighted by Gasteiger charge is -2.35. The molecule has 0 bridgehead atoms. The lowest BCUT2D eigenvalue weighted by Crippen LogP contribution is -3.15. The van der Waals surface area contributed by atoms with Crippen molar-refractivity contribution >= 4 is 22.4 Å². The first-order valence-corrected chi connectivity index (χ1v) is 9.83. The second-order valence-corrected chi connectivity index (χ2v) is 7.44. The zero-order valence-electron chi connectivity index (χ0n) is 15.0. The van der Waals surface area contributed by atoms with E-state index in [9.17, 15) is 9.90 Å². The first-order chi connectivity index (χ1) is 13.2. The maximum Gasteiger partial charge on any atom is 0.410 e. The zero-order chi connectivity index (χ0) is 18.8. The van der Waals surface area contributed by atoms with E-state index in [2.05, 4.69) is 22.2 Å². The number of nitrogens with zero attached hydrogens (tertiary/aromatic N) is 4. The summed E-state index contributed by atoms with van der Waals surface area (Å²) in [6, 6.07) is 10.1. The van der Waals surface area contributed by atoms with E-state index in [1.165, 1.54) is 27.1 Å². The van der Waals surface area contributed by atoms with Crippen LogP contribution in [0.4, 0.5) is 4.79 Å². The lowest BCUT2D eigenvalue weighted by molar-refractivity contribution is -0.929. The van der Waals surface area contributed by atoms with Gasteiger partial charge in [-0.25, -0.2) is 9.78 Å². The molecule has 3 aromatic rings. The molecule has 1 fully saturated rings. The molecule has 4 rings (SSSR count). The molecule has 0 radical (unpaired) electrons. The molecule has 9 heteroatoms. The van der Waals surface area contributed by atoms with Crippen LogP contribution in [-0.2, 0) is 4.74 Å². The minimum Gasteiger partial charge on any atom is -0.492 e. The van der Waals surface area contributed by atoms with Gasteiger partial charge in [0, 0.05) is 5.56 Å². The average Bonchev–Trinajstić information content (AvgIpc) is 3.27. The molecule has 0 spiro atoms. The number of rotatable bonds is 4. The van der Waals surface area contributed by atoms with Gasteiger partial charge in [0.1, 0.15) is 11.2 Å². The highest BCUT2D eigenvalue weighted by Gasteiger charge is 2.35. The number of carbonyl (C=O) groups is 1. The summed E-state index contributed by atoms with van der Waals surface area (Å²) in [5.74, 6) is 0.140. The number of quaternary nitrogens is 1. The fourth-order valence-corrected chi connectivity index (χ4v) is 4.70. The number of hydrogen-bond acceptors (Lipinski definition) is 6. The molecule has 1 aromatic carbocycles. The predicted molar refractivity (Wildman–Crippen MR) is 100 cm³/mol. The molecule has 27 heavy (non-hydrogen) atoms. The van der Waals surface area contributed by atoms with Gasteiger partial charge in [0.25, 0.3) is 0 Å². The average molecular weight is 388 g/mol. The number of carbonyl (C=O) groups excluding carboxylic acids is 1. The van der Waals surface area contributed by atoms with Crippen LogP contribution in [-0.4, -0.2) is 63.5 Å². The third-order valence-electron chi connectivity index (χ3n) is 4.87. The summed E-state index contributed by atoms with van der Waals surface area (Å²) in [5.41, 5.74) is 1.12. The zero-order valence-corrected chi connectivity index (χ0v) is 15.9. The Bertz CT molecular complexity index is 918. The lowest BCUT2D eigenvalue weighted by atomic mass is 10.0. The quantitative estimate of drug-likeness (QED) is 0.695. The Hall–Kier alpha value is -2.65. The highest BCUT2D eigenvalue weighted by Crippen LogP contribution is 2.34. The molecule has 0 aliphatic carbocycles. The van der Waals surface area contributed by atoms with Crippen molar-refractivity contribution in [3.8, 4) is 5.88 Å². The molecule has 1 aliphatic heterocycles. The standard InChI is InChI=1S/C18H21N5O3S/c1-2-26-18(25)22-10-8-21(9-11-22)14(13-6-4-3-5-7-13)15-16(24)23-17(27-15)19-12-20-23/h3-7,12,14,24H,2,8-11H2,1H3/p+1/t14-/m1/s1. The van der Waals surface area contributed by atoms with Crippen molar-refractivity contribution in [3.05, 3.63) is 47.1 Å². The van der Waals surface area contributed by atoms with Gasteiger partial charge in [0.2, 0.25) is 10.8 Å². The SMILES string of the molecule is CCOC(=O)N1CC[NH+]([C@H](c2ccccc2)c2sc3ncnn3c2O)CC1. The monoisotopic (exact) mass is 388 g/mol. The van der Waals surface area contributed by atoms with Crippen molar-refractivity contribution < 1.29 is 19.5 Å². The van der Waals surface area contributed by atoms with Crippen molar-refractivity contribution in [3.63, 3.8) is 0 Å². The Morgan fingerprint density at radius 2 is 2.07 bits per heavy atom. The summed E-state index contributed by atoms with van der Waals surface area (Å²) in [6.45, 7) is 4.98. The molecular formula is C18H22N5O3S+. The Kier molecular flexibility index (Phi) is 4.95. The molecule has 142 valence electrons. The maximum atomic E-state index is 12.0. The van der Waals surface area contributed by atoms with E-state index in [1.54, 1.807) is 4.90 Å². The molecular weight excluding hydrogens is 366 g/mol. The smallest absolute Gasteiger partial charge is 0.410 e. The van der Waals surface area contributed by atoms with Crippen LogP contribution in [0.2, 0.25) is 0 Å². The van der Waals surface area contributed by atoms with E-state index in [-0.39, 0.29) is 18.0 Å². The fourth-order valence-electron chi connectivity index (χ4n) is 3.58. The highest BCUT2D eigenvalue weighted by atomic mass is 32.1. The minimum absolute atomic E-state index is 0.0379. The molecule has 1 aliphatic rings. The molecule has 1 saturated heterocycles. The molecule has 3 heterocycles. The van der Waals surface area contributed by atoms with Crippen LogP contribution >= 0.6 is 11.3 Å². The molecule has 0 saturated carbocycles. The first-order valence-electron chi connectivity index (χ1n) is 9.01. The van der Waals surface area contributed by atoms with Crippen molar-refractivity contribution in [2.24, 2.45) is 0 Å². The van der Waals surface area contributed by atoms with E-state index >= 15 is 0 Å². The van der Waals surface area contributed by atoms with Gasteiger partial charge >= 0.3 is 6.09 Å². The Labute approximate surface area is 160 Å². The summed E-state index contributed by atoms with van der Waals surface area (Å²) in [6.07, 6.45) is 1.19. The fraction of sp³-hybridized carbons (Fsp3) is 0.389. The topological polar surface area (TPSA) is 84.4 Å². The third kappa shape index (κ3) is 3.35. The number of aromatic nitrogens is 3. The second-order valence-electron chi connectivity index (χ2n) is 6.43. The molecule has 1 atom stereocenters. The minimum atomic E-state index is -0.255. The summed E-state index contributed by atoms with van der Waals surface area (Å²) < 4.78 is 6.59. The van der Waals surface area contributed by atoms with E-state index in [1.807, 2.05) is 25.1 Å². The van der Waals surface area contributed by atoms with Gasteiger partial charge in [-0.1, -0.05) is 41.7 Å². The Balaban J connectivity index is 1.63. The number of benzene rings is 1. The molecule has 2 aromatic heterocycles. The normalized spacial score (nSPS) is 16.6. The molecule has 1 amide bonds. The molecule has 0 unspecified atom stereocenters. The van der Waals surface area contributed by atoms with Gasteiger partial charge in [0.15, 0.2) is 6.04 Å². The van der Waals surface area contributed by atoms with Gasteiger partial charge in [0.05, 0.1) is 32.8 Å². The second kappa shape index (κ2) is 7.53. The highest BCUT2D eigenvalue weighted by molar-refractivity contribution is 7.17. The summed E-state index contributed by atoms with van der Waals surface area (Å²) in [4.78, 5) is 20.8. The summed E-state index contributed by atoms with van der Waals surface area (Å²) in [5, 5.41) is 14.8. The number of ether oxygens (including phenoxy) is 1. The largest absolute Gasteiger partial charge is 0.492 e. The van der Waals surface area contributed by atoms with Crippen LogP contribution < -0.4 is 4.90 Å². The van der Waals surface area contributed by atoms with Gasteiger partial charge < -0.3 is 14.7 Å². The number of aromatic hydroxyl groups is 1. The van der Waals surface area contributed by atoms with Gasteiger partial charge in [-0.05, 0) is 6.92 Å². The number of piperazine rings is 1. The maximum absolute atomic E-state index is 12.0. The number of fused-ring (bicyclic) bond motifs is 1. The van der Waals surface area contributed by atoms with Crippen LogP contribution in [0.25, 0.3) is 4.96 Å². The number of nitrogens with one attached hydrogen (secondary N) is 1. The van der Waals surface area contributed by atoms with Crippen LogP contribution in [0.15, 0.2) is 36.7 Å². The van der Waals surface area contributed by atoms with Crippen molar-refractivity contribution in [2.45, 2.75) is 13.0 Å². The van der Waals surface area contributed by atoms with Gasteiger partial charge in [-0.15, -0.1) is 0 Å². The van der Waals surface area contributed by atoms with Gasteiger partial charge in [-0.3, -0.25) is 4.90 Å². The van der Waals surface area contributed by atoms with Crippen LogP contribution in [0, 0.1) is 0 Å². The summed E-state index contributed by atoms with van der Waals surface area (Å²) in [7, 11) is 0. The van der Waals surface area contributed by atoms with Crippen LogP contribution in [0.1, 0.15) is 23.4 Å². The summed E-state index contributed by atoms with van der Waals surface area (Å²) >= 11 is 1.46. The van der Waals surface area contributed by atoms with E-state index in [0.29, 0.717) is 24.7 Å². The number of amides is 1. The van der Waals surface area contributed by atoms with Crippen molar-refractivity contribution in [1.29, 1.82) is 0 Å². The first kappa shape index (κ1) is 17.7. The predicted octanol–water partition coefficient (Wildman–Crippen LogP) is 0.943. The van der Waals surface area contributed by atoms with Crippen molar-refractivity contribution in [2.75, 3.05) is 32.8 Å². The van der Waals surface area contributed by atoms with E-state index in [4.69, 9.17) is 4.74 Å². The third-order valence-corrected chi connectivity index (χ3v) is 5.97. The van der Waals surface area contributed by atoms with Crippen LogP contribution in [0.3, 0.4) is 0 Å². The van der Waals surface area contributed by atoms with Crippen LogP contribution in [0.5, 0.6) is 5.88 Å². The van der Waals surface area contributed by atoms with Gasteiger partial charge in [-0.2, -0.15) is 9.61 Å². The Morgan fingerprint density at radius 1 is 1.33 bits per heavy atom. The van der Waals surface area contributed by atoms with Crippen molar-refractivity contribution in [1.82, 2.24) is 19.5 Å².